The molecule has 1 fully saturated rings. The van der Waals surface area contributed by atoms with Crippen LogP contribution in [0, 0.1) is 5.92 Å². The molecular formula is C27H42N4O5. The molecule has 0 radical (unpaired) electrons. The minimum absolute atomic E-state index is 0.247. The first-order valence-corrected chi connectivity index (χ1v) is 12.6. The summed E-state index contributed by atoms with van der Waals surface area (Å²) in [7, 11) is 0. The maximum Gasteiger partial charge on any atom is 0.243 e. The molecule has 36 heavy (non-hydrogen) atoms. The predicted molar refractivity (Wildman–Crippen MR) is 139 cm³/mol. The molecule has 3 rings (SSSR count). The Kier molecular flexibility index (Phi) is 9.29. The number of hydrogen-bond acceptors (Lipinski definition) is 8. The average molecular weight is 503 g/mol. The molecule has 2 aromatic heterocycles. The minimum atomic E-state index is -1.91. The number of aliphatic hydroxyl groups is 1. The highest BCUT2D eigenvalue weighted by Crippen LogP contribution is 2.49. The highest BCUT2D eigenvalue weighted by molar-refractivity contribution is 5.65. The molecule has 200 valence electrons. The lowest BCUT2D eigenvalue weighted by Gasteiger charge is -2.39. The molecule has 1 aliphatic heterocycles. The van der Waals surface area contributed by atoms with E-state index in [2.05, 4.69) is 23.9 Å². The van der Waals surface area contributed by atoms with Crippen molar-refractivity contribution >= 4 is 11.3 Å². The zero-order valence-corrected chi connectivity index (χ0v) is 22.7. The van der Waals surface area contributed by atoms with Crippen LogP contribution in [-0.4, -0.2) is 63.9 Å². The molecule has 0 aliphatic carbocycles. The summed E-state index contributed by atoms with van der Waals surface area (Å²) in [5.74, 6) is -1.08. The van der Waals surface area contributed by atoms with Gasteiger partial charge in [0.2, 0.25) is 5.79 Å². The third-order valence-electron chi connectivity index (χ3n) is 6.47. The van der Waals surface area contributed by atoms with Crippen LogP contribution in [0.4, 0.5) is 5.82 Å². The van der Waals surface area contributed by atoms with E-state index >= 15 is 0 Å². The van der Waals surface area contributed by atoms with E-state index in [1.165, 1.54) is 6.33 Å². The lowest BCUT2D eigenvalue weighted by atomic mass is 9.87. The number of ether oxygens (including phenoxy) is 4. The molecule has 0 spiro atoms. The molecule has 1 unspecified atom stereocenters. The van der Waals surface area contributed by atoms with Crippen LogP contribution in [0.25, 0.3) is 5.52 Å². The van der Waals surface area contributed by atoms with E-state index in [0.29, 0.717) is 36.2 Å². The van der Waals surface area contributed by atoms with Crippen LogP contribution in [-0.2, 0) is 24.7 Å². The van der Waals surface area contributed by atoms with Crippen LogP contribution in [0.3, 0.4) is 0 Å². The molecule has 1 saturated heterocycles. The summed E-state index contributed by atoms with van der Waals surface area (Å²) in [6.45, 7) is 15.6. The summed E-state index contributed by atoms with van der Waals surface area (Å²) in [4.78, 5) is 4.06. The van der Waals surface area contributed by atoms with Gasteiger partial charge in [0.25, 0.3) is 0 Å². The zero-order valence-electron chi connectivity index (χ0n) is 22.7. The lowest BCUT2D eigenvalue weighted by Crippen LogP contribution is -2.56. The van der Waals surface area contributed by atoms with Gasteiger partial charge in [-0.3, -0.25) is 0 Å². The standard InChI is InChI=1S/C27H42N4O5/c1-18(2)10-13-33-16-22-24(34-14-11-19(3)4)26(7,35-15-12-20(5)6)27(32,36-22)23-9-8-21-25(28)29-17-30-31(21)23/h8-9,11-12,17-18,22,24,32H,10,13-16H2,1-7H3,(H2,28,29,30)/t22-,24-,26-,27?/m1/s1. The van der Waals surface area contributed by atoms with Crippen molar-refractivity contribution in [2.24, 2.45) is 5.92 Å². The van der Waals surface area contributed by atoms with Crippen molar-refractivity contribution in [1.29, 1.82) is 0 Å². The van der Waals surface area contributed by atoms with E-state index in [0.717, 1.165) is 17.6 Å². The second-order valence-electron chi connectivity index (χ2n) is 10.5. The Bertz CT molecular complexity index is 1070. The molecule has 0 bridgehead atoms. The van der Waals surface area contributed by atoms with Crippen LogP contribution < -0.4 is 5.73 Å². The molecule has 9 heteroatoms. The molecule has 1 aliphatic rings. The summed E-state index contributed by atoms with van der Waals surface area (Å²) in [5.41, 5.74) is 7.94. The Morgan fingerprint density at radius 2 is 1.89 bits per heavy atom. The highest BCUT2D eigenvalue weighted by atomic mass is 16.7. The number of nitrogens with zero attached hydrogens (tertiary/aromatic N) is 3. The number of anilines is 1. The van der Waals surface area contributed by atoms with E-state index in [9.17, 15) is 5.11 Å². The highest BCUT2D eigenvalue weighted by Gasteiger charge is 2.66. The Hall–Kier alpha value is -2.30. The smallest absolute Gasteiger partial charge is 0.243 e. The Labute approximate surface area is 214 Å². The van der Waals surface area contributed by atoms with E-state index < -0.39 is 23.6 Å². The van der Waals surface area contributed by atoms with Gasteiger partial charge in [-0.15, -0.1) is 0 Å². The fourth-order valence-corrected chi connectivity index (χ4v) is 4.26. The first-order chi connectivity index (χ1) is 17.0. The average Bonchev–Trinajstić information content (AvgIpc) is 3.31. The Morgan fingerprint density at radius 1 is 1.19 bits per heavy atom. The topological polar surface area (TPSA) is 113 Å². The Morgan fingerprint density at radius 3 is 2.56 bits per heavy atom. The van der Waals surface area contributed by atoms with Crippen LogP contribution in [0.15, 0.2) is 41.8 Å². The van der Waals surface area contributed by atoms with Gasteiger partial charge in [0.05, 0.1) is 19.8 Å². The quantitative estimate of drug-likeness (QED) is 0.331. The van der Waals surface area contributed by atoms with Crippen LogP contribution in [0.5, 0.6) is 0 Å². The van der Waals surface area contributed by atoms with Gasteiger partial charge in [0.15, 0.2) is 11.4 Å². The van der Waals surface area contributed by atoms with E-state index in [-0.39, 0.29) is 13.2 Å². The lowest BCUT2D eigenvalue weighted by molar-refractivity contribution is -0.288. The molecule has 3 heterocycles. The SMILES string of the molecule is CC(C)=CCO[C@@H]1[C@@H](COCCC(C)C)OC(O)(c2ccc3c(N)ncnn23)[C@]1(C)OCC=C(C)C. The largest absolute Gasteiger partial charge is 0.382 e. The van der Waals surface area contributed by atoms with Crippen LogP contribution in [0.1, 0.15) is 60.6 Å². The normalized spacial score (nSPS) is 26.0. The van der Waals surface area contributed by atoms with Gasteiger partial charge >= 0.3 is 0 Å². The van der Waals surface area contributed by atoms with Crippen molar-refractivity contribution in [2.45, 2.75) is 78.5 Å². The van der Waals surface area contributed by atoms with Gasteiger partial charge < -0.3 is 29.8 Å². The fourth-order valence-electron chi connectivity index (χ4n) is 4.26. The summed E-state index contributed by atoms with van der Waals surface area (Å²) in [5, 5.41) is 16.6. The van der Waals surface area contributed by atoms with Gasteiger partial charge in [0, 0.05) is 6.61 Å². The summed E-state index contributed by atoms with van der Waals surface area (Å²) in [6.07, 6.45) is 5.00. The third-order valence-corrected chi connectivity index (χ3v) is 6.47. The van der Waals surface area contributed by atoms with Crippen LogP contribution in [0.2, 0.25) is 0 Å². The molecule has 0 saturated carbocycles. The summed E-state index contributed by atoms with van der Waals surface area (Å²) >= 11 is 0. The number of allylic oxidation sites excluding steroid dienone is 2. The molecule has 3 N–H and O–H groups in total. The Balaban J connectivity index is 2.04. The minimum Gasteiger partial charge on any atom is -0.382 e. The van der Waals surface area contributed by atoms with Gasteiger partial charge in [0.1, 0.15) is 29.7 Å². The molecule has 9 nitrogen and oxygen atoms in total. The number of rotatable bonds is 12. The van der Waals surface area contributed by atoms with E-state index in [1.54, 1.807) is 16.6 Å². The summed E-state index contributed by atoms with van der Waals surface area (Å²) < 4.78 is 26.7. The van der Waals surface area contributed by atoms with Crippen LogP contribution >= 0.6 is 0 Å². The zero-order chi connectivity index (χ0) is 26.5. The molecular weight excluding hydrogens is 460 g/mol. The second-order valence-corrected chi connectivity index (χ2v) is 10.5. The number of nitrogen functional groups attached to an aromatic ring is 1. The number of nitrogens with two attached hydrogens (primary N) is 1. The predicted octanol–water partition coefficient (Wildman–Crippen LogP) is 4.01. The summed E-state index contributed by atoms with van der Waals surface area (Å²) in [6, 6.07) is 3.49. The maximum atomic E-state index is 12.3. The number of fused-ring (bicyclic) bond motifs is 1. The molecule has 2 aromatic rings. The van der Waals surface area contributed by atoms with E-state index in [1.807, 2.05) is 46.8 Å². The third kappa shape index (κ3) is 5.98. The van der Waals surface area contributed by atoms with Crippen molar-refractivity contribution in [1.82, 2.24) is 14.6 Å². The van der Waals surface area contributed by atoms with Crippen molar-refractivity contribution < 1.29 is 24.1 Å². The maximum absolute atomic E-state index is 12.3. The molecule has 0 amide bonds. The second kappa shape index (κ2) is 11.8. The van der Waals surface area contributed by atoms with Crippen molar-refractivity contribution in [3.8, 4) is 0 Å². The van der Waals surface area contributed by atoms with Gasteiger partial charge in [-0.25, -0.2) is 9.50 Å². The first kappa shape index (κ1) is 28.3. The fraction of sp³-hybridized carbons (Fsp3) is 0.630. The van der Waals surface area contributed by atoms with E-state index in [4.69, 9.17) is 24.7 Å². The van der Waals surface area contributed by atoms with Gasteiger partial charge in [-0.2, -0.15) is 5.10 Å². The first-order valence-electron chi connectivity index (χ1n) is 12.6. The van der Waals surface area contributed by atoms with Gasteiger partial charge in [-0.1, -0.05) is 37.1 Å². The van der Waals surface area contributed by atoms with Crippen molar-refractivity contribution in [2.75, 3.05) is 32.2 Å². The number of aromatic nitrogens is 3. The number of hydrogen-bond donors (Lipinski definition) is 2. The molecule has 4 atom stereocenters. The van der Waals surface area contributed by atoms with Crippen molar-refractivity contribution in [3.63, 3.8) is 0 Å². The molecule has 0 aromatic carbocycles. The monoisotopic (exact) mass is 502 g/mol. The van der Waals surface area contributed by atoms with Gasteiger partial charge in [-0.05, 0) is 59.1 Å². The van der Waals surface area contributed by atoms with Crippen molar-refractivity contribution in [3.05, 3.63) is 47.5 Å².